The number of benzene rings is 2. The van der Waals surface area contributed by atoms with Crippen molar-refractivity contribution < 1.29 is 14.0 Å². The van der Waals surface area contributed by atoms with Gasteiger partial charge >= 0.3 is 6.03 Å². The molecule has 3 rings (SSSR count). The summed E-state index contributed by atoms with van der Waals surface area (Å²) < 4.78 is 13.0. The maximum absolute atomic E-state index is 13.0. The minimum Gasteiger partial charge on any atom is -0.326 e. The molecule has 5 nitrogen and oxygen atoms in total. The van der Waals surface area contributed by atoms with E-state index in [2.05, 4.69) is 10.6 Å². The minimum atomic E-state index is -0.616. The molecule has 0 spiro atoms. The average molecular weight is 348 g/mol. The first-order valence-corrected chi connectivity index (χ1v) is 7.81. The summed E-state index contributed by atoms with van der Waals surface area (Å²) in [5, 5.41) is 5.79. The van der Waals surface area contributed by atoms with Gasteiger partial charge in [-0.1, -0.05) is 17.7 Å². The molecule has 0 saturated carbocycles. The summed E-state index contributed by atoms with van der Waals surface area (Å²) >= 11 is 5.86. The molecule has 0 aromatic heterocycles. The molecule has 7 heteroatoms. The standard InChI is InChI=1S/C17H15ClFN3O2/c18-11-2-1-3-13(10-11)20-17(24)21-15-8-9-22(16(15)23)14-6-4-12(19)5-7-14/h1-7,10,15H,8-9H2,(H2,20,21,24)/t15-/m1/s1. The van der Waals surface area contributed by atoms with E-state index in [0.29, 0.717) is 29.4 Å². The molecular weight excluding hydrogens is 333 g/mol. The van der Waals surface area contributed by atoms with Gasteiger partial charge in [0.25, 0.3) is 0 Å². The molecule has 1 saturated heterocycles. The van der Waals surface area contributed by atoms with Gasteiger partial charge in [-0.3, -0.25) is 4.79 Å². The second kappa shape index (κ2) is 6.88. The zero-order valence-electron chi connectivity index (χ0n) is 12.6. The van der Waals surface area contributed by atoms with Crippen LogP contribution in [-0.4, -0.2) is 24.5 Å². The van der Waals surface area contributed by atoms with E-state index in [-0.39, 0.29) is 11.7 Å². The van der Waals surface area contributed by atoms with E-state index in [1.165, 1.54) is 17.0 Å². The van der Waals surface area contributed by atoms with E-state index in [1.807, 2.05) is 0 Å². The Bertz CT molecular complexity index is 767. The first kappa shape index (κ1) is 16.3. The second-order valence-corrected chi connectivity index (χ2v) is 5.85. The molecule has 1 heterocycles. The van der Waals surface area contributed by atoms with Crippen LogP contribution in [0.3, 0.4) is 0 Å². The van der Waals surface area contributed by atoms with Gasteiger partial charge in [-0.25, -0.2) is 9.18 Å². The van der Waals surface area contributed by atoms with Gasteiger partial charge in [0.1, 0.15) is 11.9 Å². The van der Waals surface area contributed by atoms with Crippen molar-refractivity contribution in [2.45, 2.75) is 12.5 Å². The molecule has 0 bridgehead atoms. The molecule has 3 amide bonds. The van der Waals surface area contributed by atoms with Crippen molar-refractivity contribution in [3.63, 3.8) is 0 Å². The summed E-state index contributed by atoms with van der Waals surface area (Å²) in [5.41, 5.74) is 1.15. The fraction of sp³-hybridized carbons (Fsp3) is 0.176. The second-order valence-electron chi connectivity index (χ2n) is 5.42. The van der Waals surface area contributed by atoms with E-state index >= 15 is 0 Å². The normalized spacial score (nSPS) is 17.0. The van der Waals surface area contributed by atoms with Crippen LogP contribution in [-0.2, 0) is 4.79 Å². The Kier molecular flexibility index (Phi) is 4.66. The molecule has 1 aliphatic rings. The summed E-state index contributed by atoms with van der Waals surface area (Å²) in [6, 6.07) is 11.3. The lowest BCUT2D eigenvalue weighted by molar-refractivity contribution is -0.118. The third kappa shape index (κ3) is 3.65. The number of hydrogen-bond donors (Lipinski definition) is 2. The van der Waals surface area contributed by atoms with Crippen LogP contribution < -0.4 is 15.5 Å². The summed E-state index contributed by atoms with van der Waals surface area (Å²) in [4.78, 5) is 26.0. The van der Waals surface area contributed by atoms with Crippen LogP contribution in [0.25, 0.3) is 0 Å². The number of hydrogen-bond acceptors (Lipinski definition) is 2. The predicted octanol–water partition coefficient (Wildman–Crippen LogP) is 3.41. The predicted molar refractivity (Wildman–Crippen MR) is 90.8 cm³/mol. The topological polar surface area (TPSA) is 61.4 Å². The average Bonchev–Trinajstić information content (AvgIpc) is 2.89. The molecule has 0 aliphatic carbocycles. The minimum absolute atomic E-state index is 0.220. The number of amides is 3. The number of carbonyl (C=O) groups excluding carboxylic acids is 2. The maximum atomic E-state index is 13.0. The Balaban J connectivity index is 1.61. The van der Waals surface area contributed by atoms with Gasteiger partial charge in [0.05, 0.1) is 0 Å². The van der Waals surface area contributed by atoms with Crippen molar-refractivity contribution in [3.05, 3.63) is 59.4 Å². The molecule has 2 N–H and O–H groups in total. The number of nitrogens with zero attached hydrogens (tertiary/aromatic N) is 1. The maximum Gasteiger partial charge on any atom is 0.319 e. The number of urea groups is 1. The Morgan fingerprint density at radius 2 is 1.96 bits per heavy atom. The van der Waals surface area contributed by atoms with Crippen molar-refractivity contribution in [3.8, 4) is 0 Å². The summed E-state index contributed by atoms with van der Waals surface area (Å²) in [6.07, 6.45) is 0.485. The lowest BCUT2D eigenvalue weighted by Crippen LogP contribution is -2.43. The molecular formula is C17H15ClFN3O2. The monoisotopic (exact) mass is 347 g/mol. The van der Waals surface area contributed by atoms with E-state index in [1.54, 1.807) is 36.4 Å². The Morgan fingerprint density at radius 1 is 1.21 bits per heavy atom. The molecule has 1 fully saturated rings. The van der Waals surface area contributed by atoms with E-state index in [9.17, 15) is 14.0 Å². The summed E-state index contributed by atoms with van der Waals surface area (Å²) in [5.74, 6) is -0.580. The number of halogens is 2. The van der Waals surface area contributed by atoms with Crippen LogP contribution >= 0.6 is 11.6 Å². The Hall–Kier alpha value is -2.60. The van der Waals surface area contributed by atoms with Crippen LogP contribution in [0.2, 0.25) is 5.02 Å². The van der Waals surface area contributed by atoms with Crippen molar-refractivity contribution in [1.82, 2.24) is 5.32 Å². The highest BCUT2D eigenvalue weighted by molar-refractivity contribution is 6.30. The van der Waals surface area contributed by atoms with Crippen LogP contribution in [0.1, 0.15) is 6.42 Å². The van der Waals surface area contributed by atoms with E-state index < -0.39 is 12.1 Å². The Labute approximate surface area is 143 Å². The van der Waals surface area contributed by atoms with Gasteiger partial charge in [-0.15, -0.1) is 0 Å². The van der Waals surface area contributed by atoms with Gasteiger partial charge in [0, 0.05) is 22.9 Å². The number of anilines is 2. The molecule has 124 valence electrons. The quantitative estimate of drug-likeness (QED) is 0.893. The highest BCUT2D eigenvalue weighted by Gasteiger charge is 2.33. The summed E-state index contributed by atoms with van der Waals surface area (Å²) in [6.45, 7) is 0.465. The van der Waals surface area contributed by atoms with Gasteiger partial charge in [-0.2, -0.15) is 0 Å². The van der Waals surface area contributed by atoms with Gasteiger partial charge in [0.2, 0.25) is 5.91 Å². The first-order chi connectivity index (χ1) is 11.5. The third-order valence-electron chi connectivity index (χ3n) is 3.73. The highest BCUT2D eigenvalue weighted by Crippen LogP contribution is 2.22. The van der Waals surface area contributed by atoms with Gasteiger partial charge in [0.15, 0.2) is 0 Å². The van der Waals surface area contributed by atoms with E-state index in [0.717, 1.165) is 0 Å². The smallest absolute Gasteiger partial charge is 0.319 e. The van der Waals surface area contributed by atoms with Crippen molar-refractivity contribution in [2.24, 2.45) is 0 Å². The fourth-order valence-electron chi connectivity index (χ4n) is 2.58. The first-order valence-electron chi connectivity index (χ1n) is 7.43. The molecule has 1 aliphatic heterocycles. The van der Waals surface area contributed by atoms with Crippen LogP contribution in [0.4, 0.5) is 20.6 Å². The number of carbonyl (C=O) groups is 2. The zero-order valence-corrected chi connectivity index (χ0v) is 13.4. The van der Waals surface area contributed by atoms with Crippen molar-refractivity contribution in [2.75, 3.05) is 16.8 Å². The van der Waals surface area contributed by atoms with Crippen LogP contribution in [0, 0.1) is 5.82 Å². The highest BCUT2D eigenvalue weighted by atomic mass is 35.5. The number of nitrogens with one attached hydrogen (secondary N) is 2. The molecule has 0 radical (unpaired) electrons. The summed E-state index contributed by atoms with van der Waals surface area (Å²) in [7, 11) is 0. The van der Waals surface area contributed by atoms with Gasteiger partial charge < -0.3 is 15.5 Å². The SMILES string of the molecule is O=C(Nc1cccc(Cl)c1)N[C@@H]1CCN(c2ccc(F)cc2)C1=O. The van der Waals surface area contributed by atoms with Gasteiger partial charge in [-0.05, 0) is 48.9 Å². The lowest BCUT2D eigenvalue weighted by atomic mass is 10.2. The van der Waals surface area contributed by atoms with Crippen molar-refractivity contribution >= 4 is 34.9 Å². The molecule has 0 unspecified atom stereocenters. The van der Waals surface area contributed by atoms with E-state index in [4.69, 9.17) is 11.6 Å². The Morgan fingerprint density at radius 3 is 2.67 bits per heavy atom. The third-order valence-corrected chi connectivity index (χ3v) is 3.97. The van der Waals surface area contributed by atoms with Crippen LogP contribution in [0.15, 0.2) is 48.5 Å². The van der Waals surface area contributed by atoms with Crippen LogP contribution in [0.5, 0.6) is 0 Å². The largest absolute Gasteiger partial charge is 0.326 e. The van der Waals surface area contributed by atoms with Crippen molar-refractivity contribution in [1.29, 1.82) is 0 Å². The molecule has 2 aromatic carbocycles. The molecule has 2 aromatic rings. The zero-order chi connectivity index (χ0) is 17.1. The molecule has 24 heavy (non-hydrogen) atoms. The fourth-order valence-corrected chi connectivity index (χ4v) is 2.77. The lowest BCUT2D eigenvalue weighted by Gasteiger charge is -2.17. The molecule has 1 atom stereocenters. The number of rotatable bonds is 3.